The molecule has 0 amide bonds. The second-order valence-electron chi connectivity index (χ2n) is 6.44. The van der Waals surface area contributed by atoms with Gasteiger partial charge >= 0.3 is 0 Å². The minimum Gasteiger partial charge on any atom is -0.491 e. The molecule has 4 aromatic rings. The van der Waals surface area contributed by atoms with Crippen molar-refractivity contribution < 1.29 is 14.3 Å². The molecule has 0 saturated carbocycles. The van der Waals surface area contributed by atoms with Gasteiger partial charge in [0.25, 0.3) is 5.56 Å². The van der Waals surface area contributed by atoms with Crippen LogP contribution in [0, 0.1) is 0 Å². The molecule has 2 aromatic carbocycles. The van der Waals surface area contributed by atoms with Crippen LogP contribution < -0.4 is 10.3 Å². The van der Waals surface area contributed by atoms with Crippen LogP contribution in [0.3, 0.4) is 0 Å². The van der Waals surface area contributed by atoms with E-state index in [1.165, 1.54) is 10.9 Å². The Morgan fingerprint density at radius 2 is 2.07 bits per heavy atom. The lowest BCUT2D eigenvalue weighted by molar-refractivity contribution is 0.0914. The first-order valence-corrected chi connectivity index (χ1v) is 8.92. The van der Waals surface area contributed by atoms with E-state index < -0.39 is 6.10 Å². The SMILES string of the molecule is CCc1cccc(OCC(O)Cn2cnc3c(oc4ccccc43)c2=O)c1. The number of aliphatic hydroxyl groups excluding tert-OH is 1. The van der Waals surface area contributed by atoms with Gasteiger partial charge in [-0.15, -0.1) is 0 Å². The van der Waals surface area contributed by atoms with Crippen LogP contribution in [0.5, 0.6) is 5.75 Å². The monoisotopic (exact) mass is 364 g/mol. The zero-order valence-electron chi connectivity index (χ0n) is 15.0. The van der Waals surface area contributed by atoms with E-state index in [1.54, 1.807) is 6.07 Å². The molecule has 0 spiro atoms. The van der Waals surface area contributed by atoms with Crippen LogP contribution in [0.15, 0.2) is 64.1 Å². The summed E-state index contributed by atoms with van der Waals surface area (Å²) in [6.07, 6.45) is 1.50. The van der Waals surface area contributed by atoms with Gasteiger partial charge in [-0.2, -0.15) is 0 Å². The Bertz CT molecular complexity index is 1150. The highest BCUT2D eigenvalue weighted by Crippen LogP contribution is 2.24. The number of hydrogen-bond acceptors (Lipinski definition) is 5. The number of ether oxygens (including phenoxy) is 1. The van der Waals surface area contributed by atoms with Crippen LogP contribution in [0.2, 0.25) is 0 Å². The molecule has 0 bridgehead atoms. The maximum absolute atomic E-state index is 12.7. The summed E-state index contributed by atoms with van der Waals surface area (Å²) in [5.41, 5.74) is 2.20. The third-order valence-electron chi connectivity index (χ3n) is 4.51. The topological polar surface area (TPSA) is 77.5 Å². The number of para-hydroxylation sites is 1. The third kappa shape index (κ3) is 3.44. The molecule has 0 saturated heterocycles. The van der Waals surface area contributed by atoms with Crippen LogP contribution in [0.4, 0.5) is 0 Å². The summed E-state index contributed by atoms with van der Waals surface area (Å²) in [4.78, 5) is 17.0. The Kier molecular flexibility index (Phi) is 4.64. The summed E-state index contributed by atoms with van der Waals surface area (Å²) in [6.45, 7) is 2.23. The Balaban J connectivity index is 1.51. The van der Waals surface area contributed by atoms with Crippen molar-refractivity contribution in [3.8, 4) is 5.75 Å². The quantitative estimate of drug-likeness (QED) is 0.569. The van der Waals surface area contributed by atoms with Gasteiger partial charge in [-0.1, -0.05) is 31.2 Å². The van der Waals surface area contributed by atoms with E-state index in [0.29, 0.717) is 16.8 Å². The Hall–Kier alpha value is -3.12. The Labute approximate surface area is 155 Å². The largest absolute Gasteiger partial charge is 0.491 e. The van der Waals surface area contributed by atoms with E-state index in [1.807, 2.05) is 42.5 Å². The van der Waals surface area contributed by atoms with Crippen molar-refractivity contribution in [2.24, 2.45) is 0 Å². The van der Waals surface area contributed by atoms with Crippen LogP contribution >= 0.6 is 0 Å². The van der Waals surface area contributed by atoms with Gasteiger partial charge in [0.2, 0.25) is 5.58 Å². The normalized spacial score (nSPS) is 12.5. The highest BCUT2D eigenvalue weighted by Gasteiger charge is 2.15. The molecule has 0 aliphatic heterocycles. The fraction of sp³-hybridized carbons (Fsp3) is 0.238. The van der Waals surface area contributed by atoms with Crippen molar-refractivity contribution in [1.82, 2.24) is 9.55 Å². The van der Waals surface area contributed by atoms with Gasteiger partial charge in [0.1, 0.15) is 29.6 Å². The zero-order chi connectivity index (χ0) is 18.8. The molecule has 1 unspecified atom stereocenters. The Morgan fingerprint density at radius 1 is 1.22 bits per heavy atom. The standard InChI is InChI=1S/C21H20N2O4/c1-2-14-6-5-7-16(10-14)26-12-15(24)11-23-13-22-19-17-8-3-4-9-18(17)27-20(19)21(23)25/h3-10,13,15,24H,2,11-12H2,1H3. The molecular formula is C21H20N2O4. The molecule has 4 rings (SSSR count). The van der Waals surface area contributed by atoms with E-state index in [4.69, 9.17) is 9.15 Å². The predicted molar refractivity (Wildman–Crippen MR) is 103 cm³/mol. The number of aromatic nitrogens is 2. The van der Waals surface area contributed by atoms with Crippen LogP contribution in [0.25, 0.3) is 22.1 Å². The predicted octanol–water partition coefficient (Wildman–Crippen LogP) is 3.15. The second kappa shape index (κ2) is 7.25. The number of aryl methyl sites for hydroxylation is 1. The van der Waals surface area contributed by atoms with Gasteiger partial charge in [-0.3, -0.25) is 9.36 Å². The number of fused-ring (bicyclic) bond motifs is 3. The number of benzene rings is 2. The molecule has 6 heteroatoms. The molecule has 0 radical (unpaired) electrons. The first-order valence-electron chi connectivity index (χ1n) is 8.92. The molecule has 1 atom stereocenters. The van der Waals surface area contributed by atoms with Crippen molar-refractivity contribution in [2.45, 2.75) is 26.0 Å². The van der Waals surface area contributed by atoms with E-state index in [0.717, 1.165) is 17.4 Å². The van der Waals surface area contributed by atoms with Gasteiger partial charge in [-0.05, 0) is 36.2 Å². The number of furan rings is 1. The van der Waals surface area contributed by atoms with Crippen LogP contribution in [0.1, 0.15) is 12.5 Å². The van der Waals surface area contributed by atoms with Gasteiger partial charge in [0.15, 0.2) is 0 Å². The third-order valence-corrected chi connectivity index (χ3v) is 4.51. The van der Waals surface area contributed by atoms with E-state index >= 15 is 0 Å². The summed E-state index contributed by atoms with van der Waals surface area (Å²) >= 11 is 0. The first-order chi connectivity index (χ1) is 13.2. The highest BCUT2D eigenvalue weighted by atomic mass is 16.5. The van der Waals surface area contributed by atoms with Crippen molar-refractivity contribution >= 4 is 22.1 Å². The van der Waals surface area contributed by atoms with Gasteiger partial charge < -0.3 is 14.3 Å². The fourth-order valence-electron chi connectivity index (χ4n) is 3.07. The van der Waals surface area contributed by atoms with Crippen LogP contribution in [-0.4, -0.2) is 27.4 Å². The number of nitrogens with zero attached hydrogens (tertiary/aromatic N) is 2. The molecule has 0 fully saturated rings. The minimum absolute atomic E-state index is 0.0757. The Morgan fingerprint density at radius 3 is 2.93 bits per heavy atom. The summed E-state index contributed by atoms with van der Waals surface area (Å²) in [7, 11) is 0. The fourth-order valence-corrected chi connectivity index (χ4v) is 3.07. The van der Waals surface area contributed by atoms with Crippen molar-refractivity contribution in [1.29, 1.82) is 0 Å². The molecule has 2 aromatic heterocycles. The summed E-state index contributed by atoms with van der Waals surface area (Å²) in [6, 6.07) is 15.1. The number of rotatable bonds is 6. The van der Waals surface area contributed by atoms with Gasteiger partial charge in [0, 0.05) is 5.39 Å². The second-order valence-corrected chi connectivity index (χ2v) is 6.44. The zero-order valence-corrected chi connectivity index (χ0v) is 15.0. The molecular weight excluding hydrogens is 344 g/mol. The van der Waals surface area contributed by atoms with Gasteiger partial charge in [0.05, 0.1) is 12.9 Å². The number of aliphatic hydroxyl groups is 1. The molecule has 0 aliphatic rings. The minimum atomic E-state index is -0.850. The maximum atomic E-state index is 12.7. The van der Waals surface area contributed by atoms with E-state index in [9.17, 15) is 9.90 Å². The van der Waals surface area contributed by atoms with E-state index in [-0.39, 0.29) is 24.3 Å². The smallest absolute Gasteiger partial charge is 0.297 e. The molecule has 27 heavy (non-hydrogen) atoms. The lowest BCUT2D eigenvalue weighted by atomic mass is 10.2. The van der Waals surface area contributed by atoms with Crippen LogP contribution in [-0.2, 0) is 13.0 Å². The van der Waals surface area contributed by atoms with E-state index in [2.05, 4.69) is 11.9 Å². The van der Waals surface area contributed by atoms with Crippen molar-refractivity contribution in [3.63, 3.8) is 0 Å². The molecule has 138 valence electrons. The van der Waals surface area contributed by atoms with Crippen molar-refractivity contribution in [2.75, 3.05) is 6.61 Å². The highest BCUT2D eigenvalue weighted by molar-refractivity contribution is 6.01. The lowest BCUT2D eigenvalue weighted by Gasteiger charge is -2.14. The maximum Gasteiger partial charge on any atom is 0.297 e. The average Bonchev–Trinajstić information content (AvgIpc) is 3.08. The lowest BCUT2D eigenvalue weighted by Crippen LogP contribution is -2.30. The molecule has 0 aliphatic carbocycles. The number of hydrogen-bond donors (Lipinski definition) is 1. The summed E-state index contributed by atoms with van der Waals surface area (Å²) in [5.74, 6) is 0.701. The van der Waals surface area contributed by atoms with Crippen molar-refractivity contribution in [3.05, 3.63) is 70.8 Å². The molecule has 1 N–H and O–H groups in total. The molecule has 6 nitrogen and oxygen atoms in total. The van der Waals surface area contributed by atoms with Gasteiger partial charge in [-0.25, -0.2) is 4.98 Å². The summed E-state index contributed by atoms with van der Waals surface area (Å²) in [5, 5.41) is 11.1. The molecule has 2 heterocycles. The summed E-state index contributed by atoms with van der Waals surface area (Å²) < 4.78 is 12.6. The average molecular weight is 364 g/mol. The first kappa shape index (κ1) is 17.3.